The highest BCUT2D eigenvalue weighted by molar-refractivity contribution is 7.89. The average Bonchev–Trinajstić information content (AvgIpc) is 2.63. The molecule has 0 heterocycles. The second kappa shape index (κ2) is 9.78. The van der Waals surface area contributed by atoms with Crippen molar-refractivity contribution in [3.63, 3.8) is 0 Å². The van der Waals surface area contributed by atoms with Gasteiger partial charge in [0.15, 0.2) is 0 Å². The van der Waals surface area contributed by atoms with Crippen molar-refractivity contribution in [2.75, 3.05) is 13.1 Å². The molecule has 0 saturated carbocycles. The molecule has 0 bridgehead atoms. The van der Waals surface area contributed by atoms with Gasteiger partial charge in [-0.05, 0) is 51.1 Å². The van der Waals surface area contributed by atoms with Crippen molar-refractivity contribution >= 4 is 45.0 Å². The fourth-order valence-corrected chi connectivity index (χ4v) is 4.67. The molecule has 7 nitrogen and oxygen atoms in total. The van der Waals surface area contributed by atoms with Gasteiger partial charge in [0, 0.05) is 24.2 Å². The van der Waals surface area contributed by atoms with Crippen LogP contribution in [0.5, 0.6) is 0 Å². The average molecular weight is 472 g/mol. The lowest BCUT2D eigenvalue weighted by atomic mass is 10.1. The van der Waals surface area contributed by atoms with Crippen LogP contribution >= 0.6 is 23.2 Å². The predicted octanol–water partition coefficient (Wildman–Crippen LogP) is 3.23. The van der Waals surface area contributed by atoms with Crippen LogP contribution in [-0.2, 0) is 10.0 Å². The number of rotatable bonds is 7. The Balaban J connectivity index is 1.99. The first kappa shape index (κ1) is 24.1. The molecule has 0 aromatic heterocycles. The minimum atomic E-state index is -3.91. The summed E-state index contributed by atoms with van der Waals surface area (Å²) in [6.07, 6.45) is 0. The molecule has 162 valence electrons. The Morgan fingerprint density at radius 3 is 2.10 bits per heavy atom. The fourth-order valence-electron chi connectivity index (χ4n) is 2.50. The molecule has 3 N–H and O–H groups in total. The summed E-state index contributed by atoms with van der Waals surface area (Å²) in [6, 6.07) is 10.6. The predicted molar refractivity (Wildman–Crippen MR) is 118 cm³/mol. The number of sulfonamides is 1. The van der Waals surface area contributed by atoms with E-state index >= 15 is 0 Å². The smallest absolute Gasteiger partial charge is 0.252 e. The molecule has 0 fully saturated rings. The summed E-state index contributed by atoms with van der Waals surface area (Å²) in [5.74, 6) is -0.853. The maximum absolute atomic E-state index is 12.6. The Hall–Kier alpha value is -2.13. The fraction of sp³-hybridized carbons (Fsp3) is 0.300. The van der Waals surface area contributed by atoms with Gasteiger partial charge in [-0.25, -0.2) is 13.1 Å². The zero-order chi connectivity index (χ0) is 22.5. The van der Waals surface area contributed by atoms with Gasteiger partial charge in [-0.2, -0.15) is 0 Å². The van der Waals surface area contributed by atoms with Crippen LogP contribution in [-0.4, -0.2) is 38.9 Å². The number of nitrogens with one attached hydrogen (secondary N) is 3. The van der Waals surface area contributed by atoms with Gasteiger partial charge < -0.3 is 10.6 Å². The third-order valence-electron chi connectivity index (χ3n) is 3.74. The highest BCUT2D eigenvalue weighted by atomic mass is 35.5. The number of halogens is 2. The Morgan fingerprint density at radius 2 is 1.50 bits per heavy atom. The molecule has 2 rings (SSSR count). The van der Waals surface area contributed by atoms with Crippen molar-refractivity contribution in [2.45, 2.75) is 31.2 Å². The van der Waals surface area contributed by atoms with E-state index in [4.69, 9.17) is 23.2 Å². The summed E-state index contributed by atoms with van der Waals surface area (Å²) in [5.41, 5.74) is -0.240. The molecule has 0 atom stereocenters. The molecule has 10 heteroatoms. The van der Waals surface area contributed by atoms with Crippen LogP contribution in [0.15, 0.2) is 47.4 Å². The highest BCUT2D eigenvalue weighted by Gasteiger charge is 2.25. The molecule has 0 spiro atoms. The van der Waals surface area contributed by atoms with E-state index in [9.17, 15) is 18.0 Å². The third kappa shape index (κ3) is 6.70. The van der Waals surface area contributed by atoms with Gasteiger partial charge in [-0.15, -0.1) is 0 Å². The number of carbonyl (C=O) groups excluding carboxylic acids is 2. The van der Waals surface area contributed by atoms with Crippen molar-refractivity contribution in [2.24, 2.45) is 0 Å². The largest absolute Gasteiger partial charge is 0.350 e. The maximum atomic E-state index is 12.6. The number of benzene rings is 2. The second-order valence-electron chi connectivity index (χ2n) is 7.49. The molecule has 0 unspecified atom stereocenters. The van der Waals surface area contributed by atoms with E-state index in [0.29, 0.717) is 10.6 Å². The SMILES string of the molecule is CC(C)(C)NS(=O)(=O)c1cc(C(=O)NCCNC(=O)c2ccccc2Cl)ccc1Cl. The van der Waals surface area contributed by atoms with Gasteiger partial charge in [-0.1, -0.05) is 35.3 Å². The van der Waals surface area contributed by atoms with Crippen molar-refractivity contribution in [3.05, 3.63) is 63.6 Å². The minimum Gasteiger partial charge on any atom is -0.350 e. The summed E-state index contributed by atoms with van der Waals surface area (Å²) in [5, 5.41) is 5.61. The topological polar surface area (TPSA) is 104 Å². The molecule has 2 amide bonds. The van der Waals surface area contributed by atoms with E-state index in [-0.39, 0.29) is 34.5 Å². The van der Waals surface area contributed by atoms with E-state index in [1.807, 2.05) is 0 Å². The van der Waals surface area contributed by atoms with Crippen molar-refractivity contribution < 1.29 is 18.0 Å². The summed E-state index contributed by atoms with van der Waals surface area (Å²) in [4.78, 5) is 24.3. The maximum Gasteiger partial charge on any atom is 0.252 e. The first-order valence-electron chi connectivity index (χ1n) is 9.05. The normalized spacial score (nSPS) is 11.8. The molecule has 2 aromatic carbocycles. The van der Waals surface area contributed by atoms with Gasteiger partial charge in [0.05, 0.1) is 15.6 Å². The summed E-state index contributed by atoms with van der Waals surface area (Å²) in [6.45, 7) is 5.41. The second-order valence-corrected chi connectivity index (χ2v) is 9.96. The monoisotopic (exact) mass is 471 g/mol. The molecule has 0 radical (unpaired) electrons. The first-order chi connectivity index (χ1) is 13.9. The van der Waals surface area contributed by atoms with E-state index < -0.39 is 21.5 Å². The quantitative estimate of drug-likeness (QED) is 0.539. The number of carbonyl (C=O) groups is 2. The Bertz CT molecular complexity index is 1050. The van der Waals surface area contributed by atoms with Gasteiger partial charge >= 0.3 is 0 Å². The van der Waals surface area contributed by atoms with Crippen LogP contribution in [0, 0.1) is 0 Å². The zero-order valence-corrected chi connectivity index (χ0v) is 19.1. The lowest BCUT2D eigenvalue weighted by molar-refractivity contribution is 0.0927. The lowest BCUT2D eigenvalue weighted by Gasteiger charge is -2.21. The Labute approximate surface area is 186 Å². The molecule has 2 aromatic rings. The van der Waals surface area contributed by atoms with E-state index in [2.05, 4.69) is 15.4 Å². The van der Waals surface area contributed by atoms with Crippen molar-refractivity contribution in [1.82, 2.24) is 15.4 Å². The van der Waals surface area contributed by atoms with Crippen LogP contribution in [0.3, 0.4) is 0 Å². The summed E-state index contributed by atoms with van der Waals surface area (Å²) < 4.78 is 27.6. The third-order valence-corrected chi connectivity index (χ3v) is 6.31. The Kier molecular flexibility index (Phi) is 7.87. The van der Waals surface area contributed by atoms with Crippen molar-refractivity contribution in [1.29, 1.82) is 0 Å². The zero-order valence-electron chi connectivity index (χ0n) is 16.8. The van der Waals surface area contributed by atoms with Gasteiger partial charge in [0.1, 0.15) is 4.90 Å². The van der Waals surface area contributed by atoms with Crippen LogP contribution in [0.25, 0.3) is 0 Å². The van der Waals surface area contributed by atoms with Crippen LogP contribution in [0.1, 0.15) is 41.5 Å². The number of amides is 2. The molecular formula is C20H23Cl2N3O4S. The van der Waals surface area contributed by atoms with Crippen LogP contribution < -0.4 is 15.4 Å². The standard InChI is InChI=1S/C20H23Cl2N3O4S/c1-20(2,3)25-30(28,29)17-12-13(8-9-16(17)22)18(26)23-10-11-24-19(27)14-6-4-5-7-15(14)21/h4-9,12,25H,10-11H2,1-3H3,(H,23,26)(H,24,27). The summed E-state index contributed by atoms with van der Waals surface area (Å²) in [7, 11) is -3.91. The minimum absolute atomic E-state index is 0.00954. The van der Waals surface area contributed by atoms with Crippen LogP contribution in [0.4, 0.5) is 0 Å². The van der Waals surface area contributed by atoms with Gasteiger partial charge in [0.2, 0.25) is 10.0 Å². The molecule has 0 aliphatic carbocycles. The summed E-state index contributed by atoms with van der Waals surface area (Å²) >= 11 is 12.0. The van der Waals surface area contributed by atoms with Gasteiger partial charge in [0.25, 0.3) is 11.8 Å². The van der Waals surface area contributed by atoms with E-state index in [1.54, 1.807) is 45.0 Å². The molecule has 30 heavy (non-hydrogen) atoms. The molecule has 0 aliphatic heterocycles. The van der Waals surface area contributed by atoms with Crippen molar-refractivity contribution in [3.8, 4) is 0 Å². The Morgan fingerprint density at radius 1 is 0.900 bits per heavy atom. The van der Waals surface area contributed by atoms with E-state index in [0.717, 1.165) is 0 Å². The number of hydrogen-bond donors (Lipinski definition) is 3. The first-order valence-corrected chi connectivity index (χ1v) is 11.3. The molecular weight excluding hydrogens is 449 g/mol. The molecule has 0 aliphatic rings. The van der Waals surface area contributed by atoms with E-state index in [1.165, 1.54) is 18.2 Å². The van der Waals surface area contributed by atoms with Gasteiger partial charge in [-0.3, -0.25) is 9.59 Å². The molecule has 0 saturated heterocycles. The highest BCUT2D eigenvalue weighted by Crippen LogP contribution is 2.24. The number of hydrogen-bond acceptors (Lipinski definition) is 4. The van der Waals surface area contributed by atoms with Crippen LogP contribution in [0.2, 0.25) is 10.0 Å². The lowest BCUT2D eigenvalue weighted by Crippen LogP contribution is -2.40.